The number of nitrogens with two attached hydrogens (primary N) is 1. The molecule has 5 heteroatoms. The molecule has 1 aromatic heterocycles. The average molecular weight is 233 g/mol. The maximum atomic E-state index is 9.37. The number of hydrogen-bond acceptors (Lipinski definition) is 5. The molecule has 2 aromatic rings. The monoisotopic (exact) mass is 233 g/mol. The van der Waals surface area contributed by atoms with Gasteiger partial charge in [0.05, 0.1) is 11.9 Å². The molecule has 0 atom stereocenters. The van der Waals surface area contributed by atoms with Gasteiger partial charge in [-0.1, -0.05) is 17.3 Å². The number of nitrogens with one attached hydrogen (secondary N) is 1. The van der Waals surface area contributed by atoms with Crippen LogP contribution in [0.5, 0.6) is 5.75 Å². The second-order valence-corrected chi connectivity index (χ2v) is 3.72. The summed E-state index contributed by atoms with van der Waals surface area (Å²) in [6.07, 6.45) is 2.22. The molecule has 1 heterocycles. The molecule has 0 saturated carbocycles. The molecule has 0 aliphatic carbocycles. The molecule has 0 unspecified atom stereocenters. The van der Waals surface area contributed by atoms with Gasteiger partial charge < -0.3 is 20.7 Å². The Morgan fingerprint density at radius 3 is 3.06 bits per heavy atom. The Labute approximate surface area is 99.2 Å². The highest BCUT2D eigenvalue weighted by Crippen LogP contribution is 2.20. The van der Waals surface area contributed by atoms with Crippen molar-refractivity contribution in [1.29, 1.82) is 0 Å². The van der Waals surface area contributed by atoms with E-state index in [1.165, 1.54) is 0 Å². The number of aromatic nitrogens is 1. The van der Waals surface area contributed by atoms with Gasteiger partial charge in [0.25, 0.3) is 0 Å². The molecule has 5 nitrogen and oxygen atoms in total. The number of benzene rings is 1. The van der Waals surface area contributed by atoms with Gasteiger partial charge in [0.1, 0.15) is 5.75 Å². The average Bonchev–Trinajstić information content (AvgIpc) is 2.74. The minimum Gasteiger partial charge on any atom is -0.508 e. The SMILES string of the molecule is NCCNc1cnoc1Cc1cccc(O)c1. The van der Waals surface area contributed by atoms with E-state index in [0.717, 1.165) is 17.0 Å². The number of phenols is 1. The van der Waals surface area contributed by atoms with E-state index in [2.05, 4.69) is 10.5 Å². The molecule has 0 aliphatic rings. The summed E-state index contributed by atoms with van der Waals surface area (Å²) in [6, 6.07) is 7.07. The zero-order valence-corrected chi connectivity index (χ0v) is 9.39. The van der Waals surface area contributed by atoms with Crippen molar-refractivity contribution in [1.82, 2.24) is 5.16 Å². The first kappa shape index (κ1) is 11.5. The van der Waals surface area contributed by atoms with Crippen LogP contribution in [0.25, 0.3) is 0 Å². The van der Waals surface area contributed by atoms with E-state index < -0.39 is 0 Å². The number of aromatic hydroxyl groups is 1. The molecule has 0 spiro atoms. The second-order valence-electron chi connectivity index (χ2n) is 3.72. The topological polar surface area (TPSA) is 84.3 Å². The highest BCUT2D eigenvalue weighted by atomic mass is 16.5. The van der Waals surface area contributed by atoms with Gasteiger partial charge >= 0.3 is 0 Å². The largest absolute Gasteiger partial charge is 0.508 e. The first-order chi connectivity index (χ1) is 8.29. The van der Waals surface area contributed by atoms with Crippen molar-refractivity contribution < 1.29 is 9.63 Å². The van der Waals surface area contributed by atoms with Crippen molar-refractivity contribution in [2.45, 2.75) is 6.42 Å². The first-order valence-electron chi connectivity index (χ1n) is 5.45. The molecule has 90 valence electrons. The van der Waals surface area contributed by atoms with Crippen LogP contribution in [0.15, 0.2) is 35.0 Å². The molecule has 2 rings (SSSR count). The predicted molar refractivity (Wildman–Crippen MR) is 65.0 cm³/mol. The van der Waals surface area contributed by atoms with Crippen LogP contribution in [-0.2, 0) is 6.42 Å². The lowest BCUT2D eigenvalue weighted by molar-refractivity contribution is 0.390. The van der Waals surface area contributed by atoms with Gasteiger partial charge in [-0.2, -0.15) is 0 Å². The van der Waals surface area contributed by atoms with E-state index >= 15 is 0 Å². The summed E-state index contributed by atoms with van der Waals surface area (Å²) in [5.41, 5.74) is 7.24. The van der Waals surface area contributed by atoms with Gasteiger partial charge in [-0.15, -0.1) is 0 Å². The maximum Gasteiger partial charge on any atom is 0.164 e. The molecule has 0 amide bonds. The van der Waals surface area contributed by atoms with Gasteiger partial charge in [-0.3, -0.25) is 0 Å². The predicted octanol–water partition coefficient (Wildman–Crippen LogP) is 1.34. The third-order valence-electron chi connectivity index (χ3n) is 2.38. The Balaban J connectivity index is 2.10. The smallest absolute Gasteiger partial charge is 0.164 e. The lowest BCUT2D eigenvalue weighted by Crippen LogP contribution is -2.13. The van der Waals surface area contributed by atoms with E-state index in [1.807, 2.05) is 6.07 Å². The fourth-order valence-electron chi connectivity index (χ4n) is 1.59. The van der Waals surface area contributed by atoms with Crippen LogP contribution in [0.3, 0.4) is 0 Å². The number of hydrogen-bond donors (Lipinski definition) is 3. The summed E-state index contributed by atoms with van der Waals surface area (Å²) in [4.78, 5) is 0. The van der Waals surface area contributed by atoms with Crippen LogP contribution in [0, 0.1) is 0 Å². The fourth-order valence-corrected chi connectivity index (χ4v) is 1.59. The molecule has 0 radical (unpaired) electrons. The van der Waals surface area contributed by atoms with E-state index in [4.69, 9.17) is 10.3 Å². The summed E-state index contributed by atoms with van der Waals surface area (Å²) >= 11 is 0. The molecule has 0 fully saturated rings. The fraction of sp³-hybridized carbons (Fsp3) is 0.250. The lowest BCUT2D eigenvalue weighted by atomic mass is 10.1. The molecular formula is C12H15N3O2. The Morgan fingerprint density at radius 1 is 1.41 bits per heavy atom. The van der Waals surface area contributed by atoms with Crippen molar-refractivity contribution in [3.8, 4) is 5.75 Å². The van der Waals surface area contributed by atoms with Crippen LogP contribution in [0.4, 0.5) is 5.69 Å². The Morgan fingerprint density at radius 2 is 2.29 bits per heavy atom. The second kappa shape index (κ2) is 5.36. The van der Waals surface area contributed by atoms with Gasteiger partial charge in [0.2, 0.25) is 0 Å². The minimum absolute atomic E-state index is 0.249. The number of anilines is 1. The number of nitrogens with zero attached hydrogens (tertiary/aromatic N) is 1. The van der Waals surface area contributed by atoms with E-state index in [1.54, 1.807) is 24.4 Å². The van der Waals surface area contributed by atoms with Crippen LogP contribution in [0.2, 0.25) is 0 Å². The maximum absolute atomic E-state index is 9.37. The standard InChI is InChI=1S/C12H15N3O2/c13-4-5-14-11-8-15-17-12(11)7-9-2-1-3-10(16)6-9/h1-3,6,8,14,16H,4-5,7,13H2. The molecule has 17 heavy (non-hydrogen) atoms. The lowest BCUT2D eigenvalue weighted by Gasteiger charge is -2.04. The van der Waals surface area contributed by atoms with Gasteiger partial charge in [-0.05, 0) is 17.7 Å². The van der Waals surface area contributed by atoms with Crippen molar-refractivity contribution in [2.75, 3.05) is 18.4 Å². The quantitative estimate of drug-likeness (QED) is 0.725. The van der Waals surface area contributed by atoms with E-state index in [0.29, 0.717) is 19.5 Å². The van der Waals surface area contributed by atoms with Crippen molar-refractivity contribution in [3.05, 3.63) is 41.8 Å². The Hall–Kier alpha value is -2.01. The zero-order chi connectivity index (χ0) is 12.1. The summed E-state index contributed by atoms with van der Waals surface area (Å²) in [7, 11) is 0. The summed E-state index contributed by atoms with van der Waals surface area (Å²) < 4.78 is 5.17. The number of phenolic OH excluding ortho intramolecular Hbond substituents is 1. The number of rotatable bonds is 5. The van der Waals surface area contributed by atoms with E-state index in [-0.39, 0.29) is 5.75 Å². The van der Waals surface area contributed by atoms with Crippen LogP contribution < -0.4 is 11.1 Å². The molecule has 0 aliphatic heterocycles. The van der Waals surface area contributed by atoms with Gasteiger partial charge in [0, 0.05) is 19.5 Å². The van der Waals surface area contributed by atoms with Crippen LogP contribution >= 0.6 is 0 Å². The Kier molecular flexibility index (Phi) is 3.62. The zero-order valence-electron chi connectivity index (χ0n) is 9.39. The van der Waals surface area contributed by atoms with Gasteiger partial charge in [0.15, 0.2) is 5.76 Å². The van der Waals surface area contributed by atoms with Gasteiger partial charge in [-0.25, -0.2) is 0 Å². The third-order valence-corrected chi connectivity index (χ3v) is 2.38. The molecule has 1 aromatic carbocycles. The van der Waals surface area contributed by atoms with Crippen molar-refractivity contribution >= 4 is 5.69 Å². The summed E-state index contributed by atoms with van der Waals surface area (Å²) in [5.74, 6) is 0.988. The molecule has 0 saturated heterocycles. The van der Waals surface area contributed by atoms with Crippen molar-refractivity contribution in [3.63, 3.8) is 0 Å². The van der Waals surface area contributed by atoms with Crippen molar-refractivity contribution in [2.24, 2.45) is 5.73 Å². The molecule has 0 bridgehead atoms. The summed E-state index contributed by atoms with van der Waals surface area (Å²) in [5, 5.41) is 16.3. The van der Waals surface area contributed by atoms with Crippen LogP contribution in [-0.4, -0.2) is 23.4 Å². The minimum atomic E-state index is 0.249. The molecule has 4 N–H and O–H groups in total. The van der Waals surface area contributed by atoms with E-state index in [9.17, 15) is 5.11 Å². The third kappa shape index (κ3) is 2.98. The highest BCUT2D eigenvalue weighted by molar-refractivity contribution is 5.46. The normalized spacial score (nSPS) is 10.4. The first-order valence-corrected chi connectivity index (χ1v) is 5.45. The summed E-state index contributed by atoms with van der Waals surface area (Å²) in [6.45, 7) is 1.23. The highest BCUT2D eigenvalue weighted by Gasteiger charge is 2.08. The Bertz CT molecular complexity index is 482. The molecular weight excluding hydrogens is 218 g/mol. The van der Waals surface area contributed by atoms with Crippen LogP contribution in [0.1, 0.15) is 11.3 Å².